The summed E-state index contributed by atoms with van der Waals surface area (Å²) in [5.41, 5.74) is 0.371. The van der Waals surface area contributed by atoms with Gasteiger partial charge in [-0.05, 0) is 18.1 Å². The van der Waals surface area contributed by atoms with E-state index in [9.17, 15) is 14.7 Å². The van der Waals surface area contributed by atoms with Gasteiger partial charge in [0, 0.05) is 6.07 Å². The van der Waals surface area contributed by atoms with Crippen molar-refractivity contribution < 1.29 is 24.2 Å². The van der Waals surface area contributed by atoms with Crippen molar-refractivity contribution in [2.75, 3.05) is 19.5 Å². The number of nitrogens with one attached hydrogen (secondary N) is 2. The third-order valence-corrected chi connectivity index (χ3v) is 2.86. The Labute approximate surface area is 123 Å². The van der Waals surface area contributed by atoms with Gasteiger partial charge in [0.05, 0.1) is 31.9 Å². The minimum atomic E-state index is -1.34. The van der Waals surface area contributed by atoms with Gasteiger partial charge in [0.25, 0.3) is 0 Å². The van der Waals surface area contributed by atoms with E-state index < -0.39 is 18.0 Å². The molecular weight excluding hydrogens is 276 g/mol. The van der Waals surface area contributed by atoms with Crippen LogP contribution in [0.1, 0.15) is 13.8 Å². The van der Waals surface area contributed by atoms with Crippen LogP contribution < -0.4 is 25.2 Å². The van der Waals surface area contributed by atoms with E-state index >= 15 is 0 Å². The number of carboxylic acid groups (broad SMARTS) is 1. The summed E-state index contributed by atoms with van der Waals surface area (Å²) in [7, 11) is 2.96. The van der Waals surface area contributed by atoms with Gasteiger partial charge < -0.3 is 30.0 Å². The molecule has 1 rings (SSSR count). The first kappa shape index (κ1) is 16.6. The maximum absolute atomic E-state index is 11.9. The van der Waals surface area contributed by atoms with Gasteiger partial charge in [-0.3, -0.25) is 0 Å². The zero-order valence-electron chi connectivity index (χ0n) is 12.4. The highest BCUT2D eigenvalue weighted by atomic mass is 16.5. The zero-order valence-corrected chi connectivity index (χ0v) is 12.4. The van der Waals surface area contributed by atoms with Crippen LogP contribution in [-0.4, -0.2) is 32.3 Å². The van der Waals surface area contributed by atoms with Crippen molar-refractivity contribution in [3.63, 3.8) is 0 Å². The number of hydrogen-bond acceptors (Lipinski definition) is 5. The van der Waals surface area contributed by atoms with Gasteiger partial charge in [-0.1, -0.05) is 13.8 Å². The van der Waals surface area contributed by atoms with Crippen molar-refractivity contribution in [3.05, 3.63) is 18.2 Å². The molecule has 2 N–H and O–H groups in total. The smallest absolute Gasteiger partial charge is 0.319 e. The molecule has 0 unspecified atom stereocenters. The maximum atomic E-state index is 11.9. The number of carbonyl (C=O) groups excluding carboxylic acids is 2. The number of benzene rings is 1. The predicted octanol–water partition coefficient (Wildman–Crippen LogP) is 0.600. The lowest BCUT2D eigenvalue weighted by Crippen LogP contribution is -2.51. The number of amides is 2. The van der Waals surface area contributed by atoms with Crippen LogP contribution >= 0.6 is 0 Å². The molecule has 0 saturated heterocycles. The van der Waals surface area contributed by atoms with E-state index in [1.807, 2.05) is 0 Å². The van der Waals surface area contributed by atoms with E-state index in [-0.39, 0.29) is 5.92 Å². The fraction of sp³-hybridized carbons (Fsp3) is 0.429. The number of anilines is 1. The third kappa shape index (κ3) is 4.55. The monoisotopic (exact) mass is 295 g/mol. The molecule has 0 heterocycles. The molecule has 0 aliphatic rings. The van der Waals surface area contributed by atoms with E-state index in [2.05, 4.69) is 10.6 Å². The summed E-state index contributed by atoms with van der Waals surface area (Å²) in [5, 5.41) is 15.8. The van der Waals surface area contributed by atoms with Gasteiger partial charge >= 0.3 is 6.03 Å². The number of rotatable bonds is 6. The lowest BCUT2D eigenvalue weighted by atomic mass is 10.1. The molecule has 116 valence electrons. The summed E-state index contributed by atoms with van der Waals surface area (Å²) in [5.74, 6) is -0.669. The summed E-state index contributed by atoms with van der Waals surface area (Å²) >= 11 is 0. The molecule has 0 radical (unpaired) electrons. The molecule has 1 atom stereocenters. The normalized spacial score (nSPS) is 11.7. The van der Waals surface area contributed by atoms with Gasteiger partial charge in [-0.25, -0.2) is 4.79 Å². The van der Waals surface area contributed by atoms with Gasteiger partial charge in [0.1, 0.15) is 11.5 Å². The van der Waals surface area contributed by atoms with Crippen molar-refractivity contribution in [2.45, 2.75) is 19.9 Å². The Morgan fingerprint density at radius 1 is 1.19 bits per heavy atom. The maximum Gasteiger partial charge on any atom is 0.319 e. The Kier molecular flexibility index (Phi) is 5.83. The first-order valence-electron chi connectivity index (χ1n) is 6.39. The molecule has 0 aliphatic heterocycles. The van der Waals surface area contributed by atoms with Gasteiger partial charge in [0.15, 0.2) is 0 Å². The van der Waals surface area contributed by atoms with E-state index in [4.69, 9.17) is 9.47 Å². The Morgan fingerprint density at radius 2 is 1.86 bits per heavy atom. The molecular formula is C14H19N2O5-. The number of carboxylic acids is 1. The van der Waals surface area contributed by atoms with Crippen LogP contribution in [0.4, 0.5) is 10.5 Å². The lowest BCUT2D eigenvalue weighted by Gasteiger charge is -2.23. The van der Waals surface area contributed by atoms with Gasteiger partial charge in [-0.2, -0.15) is 0 Å². The van der Waals surface area contributed by atoms with Gasteiger partial charge in [-0.15, -0.1) is 0 Å². The molecule has 0 spiro atoms. The highest BCUT2D eigenvalue weighted by Crippen LogP contribution is 2.28. The first-order chi connectivity index (χ1) is 9.88. The predicted molar refractivity (Wildman–Crippen MR) is 75.3 cm³/mol. The van der Waals surface area contributed by atoms with Crippen LogP contribution in [-0.2, 0) is 4.79 Å². The number of hydrogen-bond donors (Lipinski definition) is 2. The molecule has 7 heteroatoms. The van der Waals surface area contributed by atoms with Crippen LogP contribution in [0.15, 0.2) is 18.2 Å². The molecule has 0 saturated carbocycles. The fourth-order valence-electron chi connectivity index (χ4n) is 1.71. The van der Waals surface area contributed by atoms with Crippen molar-refractivity contribution in [1.29, 1.82) is 0 Å². The zero-order chi connectivity index (χ0) is 16.0. The Balaban J connectivity index is 2.85. The summed E-state index contributed by atoms with van der Waals surface area (Å²) in [6.07, 6.45) is 0. The summed E-state index contributed by atoms with van der Waals surface area (Å²) in [6.45, 7) is 3.35. The van der Waals surface area contributed by atoms with Crippen LogP contribution in [0.5, 0.6) is 11.5 Å². The van der Waals surface area contributed by atoms with Crippen LogP contribution in [0.2, 0.25) is 0 Å². The molecule has 1 aromatic carbocycles. The first-order valence-corrected chi connectivity index (χ1v) is 6.39. The molecule has 1 aromatic rings. The van der Waals surface area contributed by atoms with Crippen LogP contribution in [0.25, 0.3) is 0 Å². The van der Waals surface area contributed by atoms with E-state index in [1.165, 1.54) is 14.2 Å². The van der Waals surface area contributed by atoms with Crippen LogP contribution in [0, 0.1) is 5.92 Å². The second-order valence-electron chi connectivity index (χ2n) is 4.71. The average molecular weight is 295 g/mol. The number of urea groups is 1. The van der Waals surface area contributed by atoms with E-state index in [0.29, 0.717) is 17.2 Å². The van der Waals surface area contributed by atoms with Crippen molar-refractivity contribution in [3.8, 4) is 11.5 Å². The van der Waals surface area contributed by atoms with E-state index in [0.717, 1.165) is 0 Å². The molecule has 7 nitrogen and oxygen atoms in total. The standard InChI is InChI=1S/C14H20N2O5/c1-8(2)12(13(17)18)16-14(19)15-10-7-9(20-3)5-6-11(10)21-4/h5-8,12H,1-4H3,(H,17,18)(H2,15,16,19)/p-1/t12-/m0/s1. The number of methoxy groups -OCH3 is 2. The average Bonchev–Trinajstić information content (AvgIpc) is 2.43. The van der Waals surface area contributed by atoms with Crippen LogP contribution in [0.3, 0.4) is 0 Å². The minimum Gasteiger partial charge on any atom is -0.548 e. The lowest BCUT2D eigenvalue weighted by molar-refractivity contribution is -0.309. The summed E-state index contributed by atoms with van der Waals surface area (Å²) < 4.78 is 10.2. The largest absolute Gasteiger partial charge is 0.548 e. The summed E-state index contributed by atoms with van der Waals surface area (Å²) in [4.78, 5) is 22.8. The summed E-state index contributed by atoms with van der Waals surface area (Å²) in [6, 6.07) is 3.14. The Morgan fingerprint density at radius 3 is 2.33 bits per heavy atom. The number of aliphatic carboxylic acids is 1. The molecule has 0 bridgehead atoms. The number of ether oxygens (including phenoxy) is 2. The third-order valence-electron chi connectivity index (χ3n) is 2.86. The van der Waals surface area contributed by atoms with Crippen molar-refractivity contribution in [2.24, 2.45) is 5.92 Å². The Hall–Kier alpha value is -2.44. The van der Waals surface area contributed by atoms with E-state index in [1.54, 1.807) is 32.0 Å². The molecule has 2 amide bonds. The molecule has 0 aliphatic carbocycles. The second kappa shape index (κ2) is 7.37. The minimum absolute atomic E-state index is 0.298. The second-order valence-corrected chi connectivity index (χ2v) is 4.71. The SMILES string of the molecule is COc1ccc(OC)c(NC(=O)N[C@H](C(=O)[O-])C(C)C)c1. The number of carbonyl (C=O) groups is 2. The molecule has 21 heavy (non-hydrogen) atoms. The fourth-order valence-corrected chi connectivity index (χ4v) is 1.71. The van der Waals surface area contributed by atoms with Gasteiger partial charge in [0.2, 0.25) is 0 Å². The highest BCUT2D eigenvalue weighted by Gasteiger charge is 2.18. The van der Waals surface area contributed by atoms with Crippen molar-refractivity contribution in [1.82, 2.24) is 5.32 Å². The quantitative estimate of drug-likeness (QED) is 0.800. The highest BCUT2D eigenvalue weighted by molar-refractivity contribution is 5.93. The Bertz CT molecular complexity index is 516. The topological polar surface area (TPSA) is 99.7 Å². The van der Waals surface area contributed by atoms with Crippen molar-refractivity contribution >= 4 is 17.7 Å². The molecule has 0 fully saturated rings. The molecule has 0 aromatic heterocycles.